The van der Waals surface area contributed by atoms with Crippen LogP contribution in [0.3, 0.4) is 0 Å². The van der Waals surface area contributed by atoms with E-state index >= 15 is 0 Å². The molecule has 1 rings (SSSR count). The lowest BCUT2D eigenvalue weighted by atomic mass is 10.2. The number of amides is 1. The fourth-order valence-corrected chi connectivity index (χ4v) is 1.29. The van der Waals surface area contributed by atoms with Crippen molar-refractivity contribution >= 4 is 11.9 Å². The van der Waals surface area contributed by atoms with Gasteiger partial charge in [-0.2, -0.15) is 0 Å². The molecule has 1 fully saturated rings. The van der Waals surface area contributed by atoms with Crippen molar-refractivity contribution in [3.05, 3.63) is 12.7 Å². The Morgan fingerprint density at radius 3 is 2.81 bits per heavy atom. The van der Waals surface area contributed by atoms with Gasteiger partial charge < -0.3 is 19.9 Å². The van der Waals surface area contributed by atoms with Crippen molar-refractivity contribution in [2.24, 2.45) is 0 Å². The summed E-state index contributed by atoms with van der Waals surface area (Å²) in [4.78, 5) is 22.3. The fourth-order valence-electron chi connectivity index (χ4n) is 1.29. The van der Waals surface area contributed by atoms with Crippen LogP contribution in [-0.2, 0) is 19.1 Å². The van der Waals surface area contributed by atoms with E-state index in [1.54, 1.807) is 0 Å². The Kier molecular flexibility index (Phi) is 4.94. The molecule has 0 aromatic carbocycles. The molecular weight excluding hydrogens is 214 g/mol. The highest BCUT2D eigenvalue weighted by molar-refractivity contribution is 5.86. The molecule has 16 heavy (non-hydrogen) atoms. The molecule has 0 spiro atoms. The molecule has 0 aromatic rings. The van der Waals surface area contributed by atoms with Gasteiger partial charge in [0.2, 0.25) is 0 Å². The smallest absolute Gasteiger partial charge is 0.326 e. The van der Waals surface area contributed by atoms with Gasteiger partial charge in [0.1, 0.15) is 6.04 Å². The van der Waals surface area contributed by atoms with Crippen LogP contribution in [0.5, 0.6) is 0 Å². The summed E-state index contributed by atoms with van der Waals surface area (Å²) in [5, 5.41) is 11.2. The summed E-state index contributed by atoms with van der Waals surface area (Å²) in [5.41, 5.74) is 0. The van der Waals surface area contributed by atoms with E-state index in [4.69, 9.17) is 14.6 Å². The van der Waals surface area contributed by atoms with Crippen LogP contribution in [0.4, 0.5) is 0 Å². The lowest BCUT2D eigenvalue weighted by molar-refractivity contribution is -0.152. The molecule has 1 saturated heterocycles. The third-order valence-electron chi connectivity index (χ3n) is 2.13. The predicted octanol–water partition coefficient (Wildman–Crippen LogP) is -0.453. The number of nitrogens with one attached hydrogen (secondary N) is 1. The number of ether oxygens (including phenoxy) is 2. The standard InChI is InChI=1S/C10H15NO5/c1-2-3-7(10(13)14)11-9(12)8-6-15-4-5-16-8/h2,7-8H,1,3-6H2,(H,11,12)(H,13,14). The van der Waals surface area contributed by atoms with Crippen molar-refractivity contribution in [3.63, 3.8) is 0 Å². The molecule has 90 valence electrons. The lowest BCUT2D eigenvalue weighted by Gasteiger charge is -2.23. The average molecular weight is 229 g/mol. The molecule has 0 aromatic heterocycles. The molecule has 2 unspecified atom stereocenters. The predicted molar refractivity (Wildman–Crippen MR) is 54.9 cm³/mol. The fraction of sp³-hybridized carbons (Fsp3) is 0.600. The molecule has 1 amide bonds. The third kappa shape index (κ3) is 3.63. The van der Waals surface area contributed by atoms with Crippen LogP contribution >= 0.6 is 0 Å². The van der Waals surface area contributed by atoms with Gasteiger partial charge in [-0.3, -0.25) is 4.79 Å². The van der Waals surface area contributed by atoms with Crippen LogP contribution in [0, 0.1) is 0 Å². The Bertz CT molecular complexity index is 272. The topological polar surface area (TPSA) is 84.9 Å². The zero-order valence-corrected chi connectivity index (χ0v) is 8.85. The minimum Gasteiger partial charge on any atom is -0.480 e. The molecule has 1 aliphatic heterocycles. The summed E-state index contributed by atoms with van der Waals surface area (Å²) in [6, 6.07) is -0.962. The van der Waals surface area contributed by atoms with Crippen molar-refractivity contribution in [1.29, 1.82) is 0 Å². The first kappa shape index (κ1) is 12.7. The van der Waals surface area contributed by atoms with Gasteiger partial charge in [-0.25, -0.2) is 4.79 Å². The maximum atomic E-state index is 11.6. The highest BCUT2D eigenvalue weighted by atomic mass is 16.6. The number of aliphatic carboxylic acids is 1. The molecule has 0 aliphatic carbocycles. The second-order valence-electron chi connectivity index (χ2n) is 3.36. The molecule has 1 heterocycles. The van der Waals surface area contributed by atoms with Crippen LogP contribution in [0.25, 0.3) is 0 Å². The second kappa shape index (κ2) is 6.24. The quantitative estimate of drug-likeness (QED) is 0.623. The number of carboxylic acid groups (broad SMARTS) is 1. The van der Waals surface area contributed by atoms with Gasteiger partial charge in [0.25, 0.3) is 5.91 Å². The van der Waals surface area contributed by atoms with Crippen LogP contribution in [-0.4, -0.2) is 48.9 Å². The van der Waals surface area contributed by atoms with Crippen molar-refractivity contribution in [2.75, 3.05) is 19.8 Å². The summed E-state index contributed by atoms with van der Waals surface area (Å²) in [7, 11) is 0. The van der Waals surface area contributed by atoms with E-state index in [9.17, 15) is 9.59 Å². The summed E-state index contributed by atoms with van der Waals surface area (Å²) in [6.45, 7) is 4.39. The lowest BCUT2D eigenvalue weighted by Crippen LogP contribution is -2.49. The van der Waals surface area contributed by atoms with Crippen molar-refractivity contribution in [1.82, 2.24) is 5.32 Å². The number of hydrogen-bond acceptors (Lipinski definition) is 4. The van der Waals surface area contributed by atoms with Gasteiger partial charge in [-0.05, 0) is 6.42 Å². The second-order valence-corrected chi connectivity index (χ2v) is 3.36. The molecular formula is C10H15NO5. The van der Waals surface area contributed by atoms with E-state index in [1.165, 1.54) is 6.08 Å². The zero-order chi connectivity index (χ0) is 12.0. The van der Waals surface area contributed by atoms with Gasteiger partial charge in [-0.1, -0.05) is 6.08 Å². The Balaban J connectivity index is 2.46. The Hall–Kier alpha value is -1.40. The van der Waals surface area contributed by atoms with Gasteiger partial charge in [0.05, 0.1) is 19.8 Å². The van der Waals surface area contributed by atoms with E-state index in [0.29, 0.717) is 13.2 Å². The summed E-state index contributed by atoms with van der Waals surface area (Å²) in [5.74, 6) is -1.56. The average Bonchev–Trinajstić information content (AvgIpc) is 2.29. The minimum absolute atomic E-state index is 0.159. The number of carboxylic acids is 1. The molecule has 0 saturated carbocycles. The highest BCUT2D eigenvalue weighted by Gasteiger charge is 2.26. The molecule has 0 radical (unpaired) electrons. The van der Waals surface area contributed by atoms with E-state index in [-0.39, 0.29) is 13.0 Å². The van der Waals surface area contributed by atoms with Crippen molar-refractivity contribution in [3.8, 4) is 0 Å². The van der Waals surface area contributed by atoms with Crippen molar-refractivity contribution in [2.45, 2.75) is 18.6 Å². The normalized spacial score (nSPS) is 22.1. The first-order valence-corrected chi connectivity index (χ1v) is 4.98. The maximum Gasteiger partial charge on any atom is 0.326 e. The van der Waals surface area contributed by atoms with E-state index in [2.05, 4.69) is 11.9 Å². The van der Waals surface area contributed by atoms with E-state index in [0.717, 1.165) is 0 Å². The van der Waals surface area contributed by atoms with Crippen LogP contribution in [0.2, 0.25) is 0 Å². The third-order valence-corrected chi connectivity index (χ3v) is 2.13. The van der Waals surface area contributed by atoms with Crippen LogP contribution in [0.15, 0.2) is 12.7 Å². The van der Waals surface area contributed by atoms with Gasteiger partial charge >= 0.3 is 5.97 Å². The van der Waals surface area contributed by atoms with Crippen LogP contribution in [0.1, 0.15) is 6.42 Å². The highest BCUT2D eigenvalue weighted by Crippen LogP contribution is 2.02. The molecule has 6 nitrogen and oxygen atoms in total. The Labute approximate surface area is 93.2 Å². The summed E-state index contributed by atoms with van der Waals surface area (Å²) >= 11 is 0. The van der Waals surface area contributed by atoms with Gasteiger partial charge in [0.15, 0.2) is 6.10 Å². The van der Waals surface area contributed by atoms with Gasteiger partial charge in [-0.15, -0.1) is 6.58 Å². The first-order valence-electron chi connectivity index (χ1n) is 4.98. The molecule has 6 heteroatoms. The number of carbonyl (C=O) groups is 2. The molecule has 2 atom stereocenters. The largest absolute Gasteiger partial charge is 0.480 e. The maximum absolute atomic E-state index is 11.6. The van der Waals surface area contributed by atoms with E-state index < -0.39 is 24.0 Å². The van der Waals surface area contributed by atoms with Crippen molar-refractivity contribution < 1.29 is 24.2 Å². The SMILES string of the molecule is C=CCC(NC(=O)C1COCCO1)C(=O)O. The molecule has 1 aliphatic rings. The first-order chi connectivity index (χ1) is 7.65. The molecule has 2 N–H and O–H groups in total. The zero-order valence-electron chi connectivity index (χ0n) is 8.85. The summed E-state index contributed by atoms with van der Waals surface area (Å²) < 4.78 is 10.2. The monoisotopic (exact) mass is 229 g/mol. The number of hydrogen-bond donors (Lipinski definition) is 2. The van der Waals surface area contributed by atoms with Crippen LogP contribution < -0.4 is 5.32 Å². The molecule has 0 bridgehead atoms. The number of carbonyl (C=O) groups excluding carboxylic acids is 1. The number of rotatable bonds is 5. The van der Waals surface area contributed by atoms with E-state index in [1.807, 2.05) is 0 Å². The Morgan fingerprint density at radius 1 is 1.56 bits per heavy atom. The minimum atomic E-state index is -1.09. The van der Waals surface area contributed by atoms with Gasteiger partial charge in [0, 0.05) is 0 Å². The Morgan fingerprint density at radius 2 is 2.31 bits per heavy atom. The summed E-state index contributed by atoms with van der Waals surface area (Å²) in [6.07, 6.45) is 0.895.